The van der Waals surface area contributed by atoms with Crippen LogP contribution in [0.5, 0.6) is 0 Å². The summed E-state index contributed by atoms with van der Waals surface area (Å²) in [6.45, 7) is 1.39. The number of hydrogen-bond donors (Lipinski definition) is 2. The molecule has 0 atom stereocenters. The van der Waals surface area contributed by atoms with Crippen molar-refractivity contribution in [1.82, 2.24) is 10.3 Å². The van der Waals surface area contributed by atoms with Gasteiger partial charge in [0.25, 0.3) is 0 Å². The van der Waals surface area contributed by atoms with E-state index >= 15 is 0 Å². The number of carbonyl (C=O) groups excluding carboxylic acids is 2. The Morgan fingerprint density at radius 2 is 1.76 bits per heavy atom. The number of aromatic nitrogens is 1. The van der Waals surface area contributed by atoms with Gasteiger partial charge in [0.2, 0.25) is 5.91 Å². The maximum atomic E-state index is 14.4. The van der Waals surface area contributed by atoms with E-state index in [4.69, 9.17) is 0 Å². The molecule has 150 valence electrons. The van der Waals surface area contributed by atoms with Gasteiger partial charge in [0, 0.05) is 17.4 Å². The van der Waals surface area contributed by atoms with Crippen molar-refractivity contribution in [3.63, 3.8) is 0 Å². The summed E-state index contributed by atoms with van der Waals surface area (Å²) in [4.78, 5) is 26.2. The number of H-pyrrole nitrogens is 1. The fraction of sp³-hybridized carbons (Fsp3) is 0.273. The molecule has 0 spiro atoms. The maximum Gasteiger partial charge on any atom is 0.223 e. The highest BCUT2D eigenvalue weighted by Crippen LogP contribution is 2.48. The number of amides is 1. The Kier molecular flexibility index (Phi) is 4.90. The number of rotatable bonds is 5. The number of ketones is 1. The average molecular weight is 400 g/mol. The van der Waals surface area contributed by atoms with Gasteiger partial charge in [-0.1, -0.05) is 0 Å². The molecule has 0 radical (unpaired) electrons. The zero-order chi connectivity index (χ0) is 20.7. The lowest BCUT2D eigenvalue weighted by molar-refractivity contribution is -0.129. The van der Waals surface area contributed by atoms with Crippen LogP contribution in [0.1, 0.15) is 31.2 Å². The van der Waals surface area contributed by atoms with Crippen LogP contribution in [0, 0.1) is 23.4 Å². The Labute approximate surface area is 165 Å². The lowest BCUT2D eigenvalue weighted by atomic mass is 9.70. The zero-order valence-electron chi connectivity index (χ0n) is 15.7. The molecule has 1 fully saturated rings. The van der Waals surface area contributed by atoms with E-state index in [-0.39, 0.29) is 35.6 Å². The Morgan fingerprint density at radius 1 is 1.07 bits per heavy atom. The fourth-order valence-corrected chi connectivity index (χ4v) is 3.93. The molecular weight excluding hydrogens is 381 g/mol. The Hall–Kier alpha value is -3.09. The molecule has 2 N–H and O–H groups in total. The van der Waals surface area contributed by atoms with Crippen molar-refractivity contribution in [2.24, 2.45) is 5.92 Å². The van der Waals surface area contributed by atoms with Gasteiger partial charge >= 0.3 is 0 Å². The number of benzene rings is 2. The first-order chi connectivity index (χ1) is 13.8. The monoisotopic (exact) mass is 400 g/mol. The Bertz CT molecular complexity index is 1100. The van der Waals surface area contributed by atoms with Crippen LogP contribution in [0.15, 0.2) is 36.4 Å². The molecule has 1 aromatic heterocycles. The second kappa shape index (κ2) is 7.39. The molecule has 3 aromatic rings. The van der Waals surface area contributed by atoms with E-state index in [0.717, 1.165) is 11.6 Å². The van der Waals surface area contributed by atoms with Gasteiger partial charge in [-0.15, -0.1) is 0 Å². The van der Waals surface area contributed by atoms with E-state index in [2.05, 4.69) is 10.3 Å². The fourth-order valence-electron chi connectivity index (χ4n) is 3.93. The number of fused-ring (bicyclic) bond motifs is 1. The number of hydrogen-bond acceptors (Lipinski definition) is 2. The lowest BCUT2D eigenvalue weighted by Crippen LogP contribution is -2.39. The van der Waals surface area contributed by atoms with Crippen LogP contribution in [-0.4, -0.2) is 23.2 Å². The molecular formula is C22H19F3N2O2. The first-order valence-electron chi connectivity index (χ1n) is 9.37. The normalized spacial score (nSPS) is 18.5. The van der Waals surface area contributed by atoms with Crippen molar-refractivity contribution < 1.29 is 22.8 Å². The quantitative estimate of drug-likeness (QED) is 0.665. The van der Waals surface area contributed by atoms with Gasteiger partial charge < -0.3 is 10.3 Å². The molecule has 4 nitrogen and oxygen atoms in total. The molecule has 0 aliphatic heterocycles. The van der Waals surface area contributed by atoms with Gasteiger partial charge in [-0.25, -0.2) is 13.2 Å². The summed E-state index contributed by atoms with van der Waals surface area (Å²) in [6, 6.07) is 7.86. The molecule has 4 rings (SSSR count). The van der Waals surface area contributed by atoms with Gasteiger partial charge in [0.15, 0.2) is 0 Å². The molecule has 2 aromatic carbocycles. The number of nitrogens with one attached hydrogen (secondary N) is 2. The van der Waals surface area contributed by atoms with Gasteiger partial charge in [0.1, 0.15) is 23.2 Å². The summed E-state index contributed by atoms with van der Waals surface area (Å²) < 4.78 is 41.6. The van der Waals surface area contributed by atoms with Gasteiger partial charge in [-0.2, -0.15) is 0 Å². The maximum absolute atomic E-state index is 14.4. The SMILES string of the molecule is CC(=O)CNC(=O)C1CC(c2c(-c3ccc(F)cc3)[nH]c3c(F)cc(F)cc23)C1. The Morgan fingerprint density at radius 3 is 2.41 bits per heavy atom. The molecule has 0 saturated heterocycles. The standard InChI is InChI=1S/C22H19F3N2O2/c1-11(28)10-26-22(29)14-6-13(7-14)19-17-8-16(24)9-18(25)21(17)27-20(19)12-2-4-15(23)5-3-12/h2-5,8-9,13-14,27H,6-7,10H2,1H3,(H,26,29). The molecule has 1 aliphatic carbocycles. The van der Waals surface area contributed by atoms with Crippen molar-refractivity contribution in [1.29, 1.82) is 0 Å². The summed E-state index contributed by atoms with van der Waals surface area (Å²) in [5.74, 6) is -2.45. The molecule has 0 bridgehead atoms. The van der Waals surface area contributed by atoms with E-state index in [1.54, 1.807) is 12.1 Å². The summed E-state index contributed by atoms with van der Waals surface area (Å²) in [5, 5.41) is 3.03. The van der Waals surface area contributed by atoms with Crippen molar-refractivity contribution in [2.45, 2.75) is 25.7 Å². The smallest absolute Gasteiger partial charge is 0.223 e. The van der Waals surface area contributed by atoms with Crippen LogP contribution in [0.2, 0.25) is 0 Å². The minimum absolute atomic E-state index is 0.00959. The summed E-state index contributed by atoms with van der Waals surface area (Å²) in [5.41, 5.74) is 2.16. The largest absolute Gasteiger partial charge is 0.352 e. The van der Waals surface area contributed by atoms with E-state index in [1.165, 1.54) is 25.1 Å². The predicted molar refractivity (Wildman–Crippen MR) is 103 cm³/mol. The van der Waals surface area contributed by atoms with Crippen LogP contribution in [0.3, 0.4) is 0 Å². The average Bonchev–Trinajstić information content (AvgIpc) is 2.99. The number of carbonyl (C=O) groups is 2. The Balaban J connectivity index is 1.70. The number of aromatic amines is 1. The topological polar surface area (TPSA) is 62.0 Å². The minimum Gasteiger partial charge on any atom is -0.352 e. The van der Waals surface area contributed by atoms with Crippen LogP contribution in [0.25, 0.3) is 22.2 Å². The van der Waals surface area contributed by atoms with Crippen molar-refractivity contribution in [2.75, 3.05) is 6.54 Å². The summed E-state index contributed by atoms with van der Waals surface area (Å²) >= 11 is 0. The van der Waals surface area contributed by atoms with E-state index in [0.29, 0.717) is 29.5 Å². The van der Waals surface area contributed by atoms with Crippen LogP contribution < -0.4 is 5.32 Å². The first-order valence-corrected chi connectivity index (χ1v) is 9.37. The van der Waals surface area contributed by atoms with Crippen LogP contribution >= 0.6 is 0 Å². The highest BCUT2D eigenvalue weighted by Gasteiger charge is 2.38. The molecule has 1 heterocycles. The second-order valence-electron chi connectivity index (χ2n) is 7.52. The third-order valence-electron chi connectivity index (χ3n) is 5.43. The summed E-state index contributed by atoms with van der Waals surface area (Å²) in [7, 11) is 0. The van der Waals surface area contributed by atoms with Crippen molar-refractivity contribution in [3.05, 3.63) is 59.4 Å². The first kappa shape index (κ1) is 19.2. The highest BCUT2D eigenvalue weighted by molar-refractivity contribution is 5.93. The van der Waals surface area contributed by atoms with Crippen LogP contribution in [0.4, 0.5) is 13.2 Å². The summed E-state index contributed by atoms with van der Waals surface area (Å²) in [6.07, 6.45) is 1.01. The molecule has 29 heavy (non-hydrogen) atoms. The van der Waals surface area contributed by atoms with E-state index in [1.807, 2.05) is 0 Å². The molecule has 1 amide bonds. The molecule has 0 unspecified atom stereocenters. The van der Waals surface area contributed by atoms with E-state index in [9.17, 15) is 22.8 Å². The molecule has 1 saturated carbocycles. The third kappa shape index (κ3) is 3.64. The van der Waals surface area contributed by atoms with Crippen molar-refractivity contribution >= 4 is 22.6 Å². The van der Waals surface area contributed by atoms with Gasteiger partial charge in [-0.3, -0.25) is 9.59 Å². The minimum atomic E-state index is -0.704. The van der Waals surface area contributed by atoms with Gasteiger partial charge in [0.05, 0.1) is 17.8 Å². The van der Waals surface area contributed by atoms with Crippen molar-refractivity contribution in [3.8, 4) is 11.3 Å². The van der Waals surface area contributed by atoms with E-state index < -0.39 is 17.5 Å². The molecule has 7 heteroatoms. The number of halogens is 3. The van der Waals surface area contributed by atoms with Gasteiger partial charge in [-0.05, 0) is 67.1 Å². The number of Topliss-reactive ketones (excluding diaryl/α,β-unsaturated/α-hetero) is 1. The molecule has 1 aliphatic rings. The highest BCUT2D eigenvalue weighted by atomic mass is 19.1. The second-order valence-corrected chi connectivity index (χ2v) is 7.52. The lowest BCUT2D eigenvalue weighted by Gasteiger charge is -2.35. The zero-order valence-corrected chi connectivity index (χ0v) is 15.7. The predicted octanol–water partition coefficient (Wildman–Crippen LogP) is 4.45. The third-order valence-corrected chi connectivity index (χ3v) is 5.43. The van der Waals surface area contributed by atoms with Crippen LogP contribution in [-0.2, 0) is 9.59 Å².